The molecule has 2 unspecified atom stereocenters. The second-order valence-corrected chi connectivity index (χ2v) is 4.82. The maximum Gasteiger partial charge on any atom is 0.241 e. The Morgan fingerprint density at radius 2 is 2.39 bits per heavy atom. The lowest BCUT2D eigenvalue weighted by molar-refractivity contribution is -0.119. The standard InChI is InChI=1S/C14H17N3O/c1-10-5-6-16-13(7-10)14(18)17-12-4-2-3-11(8-12)9-15/h2-4,8,10,13,16H,5-7H2,1H3,(H,17,18). The van der Waals surface area contributed by atoms with E-state index < -0.39 is 0 Å². The quantitative estimate of drug-likeness (QED) is 0.833. The lowest BCUT2D eigenvalue weighted by atomic mass is 9.94. The Bertz CT molecular complexity index is 478. The average molecular weight is 243 g/mol. The normalized spacial score (nSPS) is 23.1. The van der Waals surface area contributed by atoms with Crippen LogP contribution in [0.1, 0.15) is 25.3 Å². The van der Waals surface area contributed by atoms with Gasteiger partial charge in [-0.05, 0) is 43.5 Å². The van der Waals surface area contributed by atoms with Crippen LogP contribution in [-0.4, -0.2) is 18.5 Å². The molecular formula is C14H17N3O. The van der Waals surface area contributed by atoms with Crippen LogP contribution in [0.25, 0.3) is 0 Å². The number of carbonyl (C=O) groups is 1. The summed E-state index contributed by atoms with van der Waals surface area (Å²) in [4.78, 5) is 12.1. The number of nitriles is 1. The topological polar surface area (TPSA) is 64.9 Å². The van der Waals surface area contributed by atoms with Crippen LogP contribution in [0.4, 0.5) is 5.69 Å². The van der Waals surface area contributed by atoms with Gasteiger partial charge in [0, 0.05) is 5.69 Å². The van der Waals surface area contributed by atoms with Crippen LogP contribution in [0.15, 0.2) is 24.3 Å². The van der Waals surface area contributed by atoms with Crippen LogP contribution in [0, 0.1) is 17.2 Å². The summed E-state index contributed by atoms with van der Waals surface area (Å²) in [5.41, 5.74) is 1.23. The minimum Gasteiger partial charge on any atom is -0.325 e. The van der Waals surface area contributed by atoms with Gasteiger partial charge in [0.1, 0.15) is 0 Å². The predicted octanol–water partition coefficient (Wildman–Crippen LogP) is 1.88. The van der Waals surface area contributed by atoms with Gasteiger partial charge < -0.3 is 10.6 Å². The molecule has 0 spiro atoms. The van der Waals surface area contributed by atoms with Crippen LogP contribution in [-0.2, 0) is 4.79 Å². The van der Waals surface area contributed by atoms with Crippen molar-refractivity contribution in [1.29, 1.82) is 5.26 Å². The molecule has 0 saturated carbocycles. The van der Waals surface area contributed by atoms with Crippen molar-refractivity contribution in [2.45, 2.75) is 25.8 Å². The second-order valence-electron chi connectivity index (χ2n) is 4.82. The summed E-state index contributed by atoms with van der Waals surface area (Å²) in [6.07, 6.45) is 1.98. The fraction of sp³-hybridized carbons (Fsp3) is 0.429. The molecule has 1 amide bonds. The first-order chi connectivity index (χ1) is 8.69. The molecule has 0 aromatic heterocycles. The molecule has 1 aromatic rings. The van der Waals surface area contributed by atoms with Crippen LogP contribution in [0.5, 0.6) is 0 Å². The summed E-state index contributed by atoms with van der Waals surface area (Å²) in [7, 11) is 0. The van der Waals surface area contributed by atoms with Gasteiger partial charge in [0.05, 0.1) is 17.7 Å². The summed E-state index contributed by atoms with van der Waals surface area (Å²) in [6.45, 7) is 3.05. The molecule has 2 N–H and O–H groups in total. The third kappa shape index (κ3) is 3.08. The smallest absolute Gasteiger partial charge is 0.241 e. The van der Waals surface area contributed by atoms with Gasteiger partial charge in [-0.2, -0.15) is 5.26 Å². The number of nitrogens with zero attached hydrogens (tertiary/aromatic N) is 1. The summed E-state index contributed by atoms with van der Waals surface area (Å²) >= 11 is 0. The van der Waals surface area contributed by atoms with E-state index in [4.69, 9.17) is 5.26 Å². The maximum atomic E-state index is 12.1. The highest BCUT2D eigenvalue weighted by Gasteiger charge is 2.24. The van der Waals surface area contributed by atoms with E-state index in [1.807, 2.05) is 0 Å². The highest BCUT2D eigenvalue weighted by atomic mass is 16.2. The van der Waals surface area contributed by atoms with Gasteiger partial charge in [-0.1, -0.05) is 13.0 Å². The van der Waals surface area contributed by atoms with Crippen molar-refractivity contribution in [3.8, 4) is 6.07 Å². The van der Waals surface area contributed by atoms with Gasteiger partial charge in [0.25, 0.3) is 0 Å². The van der Waals surface area contributed by atoms with E-state index in [1.54, 1.807) is 24.3 Å². The third-order valence-corrected chi connectivity index (χ3v) is 3.24. The Balaban J connectivity index is 2.00. The minimum absolute atomic E-state index is 0.0170. The van der Waals surface area contributed by atoms with Crippen LogP contribution >= 0.6 is 0 Å². The molecule has 2 rings (SSSR count). The first kappa shape index (κ1) is 12.6. The van der Waals surface area contributed by atoms with Gasteiger partial charge in [0.2, 0.25) is 5.91 Å². The van der Waals surface area contributed by atoms with Gasteiger partial charge >= 0.3 is 0 Å². The van der Waals surface area contributed by atoms with E-state index in [2.05, 4.69) is 23.6 Å². The van der Waals surface area contributed by atoms with Crippen LogP contribution < -0.4 is 10.6 Å². The molecule has 1 saturated heterocycles. The number of amides is 1. The lowest BCUT2D eigenvalue weighted by Crippen LogP contribution is -2.45. The molecule has 1 heterocycles. The average Bonchev–Trinajstić information content (AvgIpc) is 2.39. The number of carbonyl (C=O) groups excluding carboxylic acids is 1. The molecule has 4 heteroatoms. The van der Waals surface area contributed by atoms with E-state index in [0.717, 1.165) is 19.4 Å². The molecule has 0 aliphatic carbocycles. The molecule has 4 nitrogen and oxygen atoms in total. The van der Waals surface area contributed by atoms with Crippen molar-refractivity contribution in [3.63, 3.8) is 0 Å². The Morgan fingerprint density at radius 3 is 3.11 bits per heavy atom. The zero-order valence-electron chi connectivity index (χ0n) is 10.4. The van der Waals surface area contributed by atoms with Gasteiger partial charge in [-0.25, -0.2) is 0 Å². The summed E-state index contributed by atoms with van der Waals surface area (Å²) in [6, 6.07) is 8.90. The second kappa shape index (κ2) is 5.65. The summed E-state index contributed by atoms with van der Waals surface area (Å²) in [5, 5.41) is 14.9. The van der Waals surface area contributed by atoms with E-state index in [1.165, 1.54) is 0 Å². The van der Waals surface area contributed by atoms with Crippen LogP contribution in [0.3, 0.4) is 0 Å². The number of hydrogen-bond donors (Lipinski definition) is 2. The van der Waals surface area contributed by atoms with Gasteiger partial charge in [-0.3, -0.25) is 4.79 Å². The molecule has 1 fully saturated rings. The maximum absolute atomic E-state index is 12.1. The van der Waals surface area contributed by atoms with Crippen LogP contribution in [0.2, 0.25) is 0 Å². The minimum atomic E-state index is -0.125. The van der Waals surface area contributed by atoms with E-state index >= 15 is 0 Å². The zero-order valence-corrected chi connectivity index (χ0v) is 10.4. The molecule has 94 valence electrons. The fourth-order valence-corrected chi connectivity index (χ4v) is 2.20. The molecule has 2 atom stereocenters. The predicted molar refractivity (Wildman–Crippen MR) is 70.0 cm³/mol. The number of benzene rings is 1. The fourth-order valence-electron chi connectivity index (χ4n) is 2.20. The molecular weight excluding hydrogens is 226 g/mol. The van der Waals surface area contributed by atoms with E-state index in [9.17, 15) is 4.79 Å². The Morgan fingerprint density at radius 1 is 1.56 bits per heavy atom. The van der Waals surface area contributed by atoms with Gasteiger partial charge in [0.15, 0.2) is 0 Å². The summed E-state index contributed by atoms with van der Waals surface area (Å²) in [5.74, 6) is 0.559. The number of hydrogen-bond acceptors (Lipinski definition) is 3. The molecule has 0 radical (unpaired) electrons. The monoisotopic (exact) mass is 243 g/mol. The Hall–Kier alpha value is -1.86. The Labute approximate surface area is 107 Å². The van der Waals surface area contributed by atoms with Crippen molar-refractivity contribution < 1.29 is 4.79 Å². The number of piperidine rings is 1. The highest BCUT2D eigenvalue weighted by Crippen LogP contribution is 2.17. The first-order valence-electron chi connectivity index (χ1n) is 6.23. The van der Waals surface area contributed by atoms with Gasteiger partial charge in [-0.15, -0.1) is 0 Å². The first-order valence-corrected chi connectivity index (χ1v) is 6.23. The Kier molecular flexibility index (Phi) is 3.96. The SMILES string of the molecule is CC1CCNC(C(=O)Nc2cccc(C#N)c2)C1. The molecule has 1 aromatic carbocycles. The van der Waals surface area contributed by atoms with E-state index in [0.29, 0.717) is 17.2 Å². The molecule has 0 bridgehead atoms. The number of rotatable bonds is 2. The molecule has 1 aliphatic heterocycles. The zero-order chi connectivity index (χ0) is 13.0. The number of nitrogens with one attached hydrogen (secondary N) is 2. The number of anilines is 1. The highest BCUT2D eigenvalue weighted by molar-refractivity contribution is 5.95. The van der Waals surface area contributed by atoms with Crippen molar-refractivity contribution in [2.75, 3.05) is 11.9 Å². The van der Waals surface area contributed by atoms with E-state index in [-0.39, 0.29) is 11.9 Å². The van der Waals surface area contributed by atoms with Crippen molar-refractivity contribution in [3.05, 3.63) is 29.8 Å². The third-order valence-electron chi connectivity index (χ3n) is 3.24. The van der Waals surface area contributed by atoms with Crippen molar-refractivity contribution in [2.24, 2.45) is 5.92 Å². The molecule has 1 aliphatic rings. The largest absolute Gasteiger partial charge is 0.325 e. The van der Waals surface area contributed by atoms with Crippen molar-refractivity contribution in [1.82, 2.24) is 5.32 Å². The lowest BCUT2D eigenvalue weighted by Gasteiger charge is -2.27. The summed E-state index contributed by atoms with van der Waals surface area (Å²) < 4.78 is 0. The molecule has 18 heavy (non-hydrogen) atoms. The van der Waals surface area contributed by atoms with Crippen molar-refractivity contribution >= 4 is 11.6 Å².